The van der Waals surface area contributed by atoms with Gasteiger partial charge in [-0.05, 0) is 25.5 Å². The van der Waals surface area contributed by atoms with Crippen LogP contribution in [0.25, 0.3) is 0 Å². The molecule has 0 radical (unpaired) electrons. The summed E-state index contributed by atoms with van der Waals surface area (Å²) in [6.07, 6.45) is 0.475. The minimum absolute atomic E-state index is 0.155. The van der Waals surface area contributed by atoms with Gasteiger partial charge in [-0.2, -0.15) is 4.39 Å². The molecule has 5 heteroatoms. The fourth-order valence-electron chi connectivity index (χ4n) is 2.18. The first-order valence-corrected chi connectivity index (χ1v) is 7.16. The van der Waals surface area contributed by atoms with E-state index >= 15 is 0 Å². The number of benzene rings is 1. The summed E-state index contributed by atoms with van der Waals surface area (Å²) >= 11 is 0. The molecule has 22 heavy (non-hydrogen) atoms. The number of likely N-dealkylation sites (N-methyl/N-ethyl adjacent to an activating group) is 1. The Morgan fingerprint density at radius 2 is 2.00 bits per heavy atom. The van der Waals surface area contributed by atoms with Crippen molar-refractivity contribution in [2.75, 3.05) is 13.1 Å². The van der Waals surface area contributed by atoms with Crippen molar-refractivity contribution in [1.82, 2.24) is 9.88 Å². The monoisotopic (exact) mass is 302 g/mol. The topological polar surface area (TPSA) is 53.4 Å². The number of nitrogens with zero attached hydrogens (tertiary/aromatic N) is 2. The molecule has 4 nitrogen and oxygen atoms in total. The Bertz CT molecular complexity index is 643. The van der Waals surface area contributed by atoms with Crippen molar-refractivity contribution in [2.45, 2.75) is 20.0 Å². The van der Waals surface area contributed by atoms with Crippen molar-refractivity contribution in [3.8, 4) is 0 Å². The third-order valence-corrected chi connectivity index (χ3v) is 3.50. The molecule has 0 saturated carbocycles. The minimum atomic E-state index is -0.781. The number of hydrogen-bond acceptors (Lipinski definition) is 3. The second-order valence-electron chi connectivity index (χ2n) is 5.14. The summed E-state index contributed by atoms with van der Waals surface area (Å²) in [6.45, 7) is 4.36. The lowest BCUT2D eigenvalue weighted by Gasteiger charge is -2.24. The molecule has 0 aliphatic rings. The first kappa shape index (κ1) is 16.1. The van der Waals surface area contributed by atoms with E-state index in [-0.39, 0.29) is 18.0 Å². The maximum Gasteiger partial charge on any atom is 0.254 e. The van der Waals surface area contributed by atoms with Crippen LogP contribution in [0.15, 0.2) is 42.6 Å². The molecule has 116 valence electrons. The van der Waals surface area contributed by atoms with Gasteiger partial charge in [0, 0.05) is 24.4 Å². The highest BCUT2D eigenvalue weighted by Gasteiger charge is 2.19. The minimum Gasteiger partial charge on any atom is -0.387 e. The molecule has 1 atom stereocenters. The Balaban J connectivity index is 2.11. The van der Waals surface area contributed by atoms with E-state index in [4.69, 9.17) is 0 Å². The Hall–Kier alpha value is -2.27. The highest BCUT2D eigenvalue weighted by atomic mass is 19.1. The van der Waals surface area contributed by atoms with Crippen molar-refractivity contribution in [2.24, 2.45) is 0 Å². The van der Waals surface area contributed by atoms with Gasteiger partial charge in [0.2, 0.25) is 5.95 Å². The van der Waals surface area contributed by atoms with Crippen molar-refractivity contribution in [3.63, 3.8) is 0 Å². The van der Waals surface area contributed by atoms with E-state index in [9.17, 15) is 14.3 Å². The molecule has 1 heterocycles. The quantitative estimate of drug-likeness (QED) is 0.864. The predicted octanol–water partition coefficient (Wildman–Crippen LogP) is 2.72. The molecule has 1 aromatic heterocycles. The Kier molecular flexibility index (Phi) is 5.22. The lowest BCUT2D eigenvalue weighted by molar-refractivity contribution is 0.0634. The van der Waals surface area contributed by atoms with Crippen LogP contribution in [0.3, 0.4) is 0 Å². The maximum absolute atomic E-state index is 13.1. The van der Waals surface area contributed by atoms with Gasteiger partial charge in [0.15, 0.2) is 0 Å². The zero-order valence-electron chi connectivity index (χ0n) is 12.7. The Morgan fingerprint density at radius 3 is 2.59 bits per heavy atom. The summed E-state index contributed by atoms with van der Waals surface area (Å²) in [5, 5.41) is 10.3. The average molecular weight is 302 g/mol. The van der Waals surface area contributed by atoms with Gasteiger partial charge in [-0.3, -0.25) is 4.79 Å². The summed E-state index contributed by atoms with van der Waals surface area (Å²) in [4.78, 5) is 17.3. The first-order chi connectivity index (χ1) is 10.5. The molecule has 1 amide bonds. The van der Waals surface area contributed by atoms with Gasteiger partial charge in [-0.1, -0.05) is 29.8 Å². The maximum atomic E-state index is 13.1. The van der Waals surface area contributed by atoms with Crippen LogP contribution in [-0.4, -0.2) is 34.0 Å². The number of carbonyl (C=O) groups excluding carboxylic acids is 1. The molecule has 0 bridgehead atoms. The van der Waals surface area contributed by atoms with Crippen molar-refractivity contribution in [1.29, 1.82) is 0 Å². The second-order valence-corrected chi connectivity index (χ2v) is 5.14. The average Bonchev–Trinajstić information content (AvgIpc) is 2.52. The molecule has 1 aromatic carbocycles. The van der Waals surface area contributed by atoms with Crippen LogP contribution in [0.4, 0.5) is 4.39 Å². The van der Waals surface area contributed by atoms with Crippen molar-refractivity contribution in [3.05, 3.63) is 65.2 Å². The second kappa shape index (κ2) is 7.13. The highest BCUT2D eigenvalue weighted by molar-refractivity contribution is 5.94. The van der Waals surface area contributed by atoms with Crippen LogP contribution in [-0.2, 0) is 0 Å². The molecule has 0 aliphatic heterocycles. The number of rotatable bonds is 5. The van der Waals surface area contributed by atoms with Gasteiger partial charge in [0.25, 0.3) is 5.91 Å². The summed E-state index contributed by atoms with van der Waals surface area (Å²) in [6, 6.07) is 10.1. The largest absolute Gasteiger partial charge is 0.387 e. The molecule has 2 aromatic rings. The van der Waals surface area contributed by atoms with Gasteiger partial charge < -0.3 is 10.0 Å². The molecule has 0 fully saturated rings. The zero-order valence-corrected chi connectivity index (χ0v) is 12.7. The molecule has 0 saturated heterocycles. The molecule has 1 N–H and O–H groups in total. The number of hydrogen-bond donors (Lipinski definition) is 1. The third kappa shape index (κ3) is 3.89. The molecular formula is C17H19FN2O2. The lowest BCUT2D eigenvalue weighted by atomic mass is 10.1. The summed E-state index contributed by atoms with van der Waals surface area (Å²) in [7, 11) is 0. The normalized spacial score (nSPS) is 12.0. The predicted molar refractivity (Wildman–Crippen MR) is 81.9 cm³/mol. The first-order valence-electron chi connectivity index (χ1n) is 7.16. The van der Waals surface area contributed by atoms with Gasteiger partial charge in [0.05, 0.1) is 12.6 Å². The third-order valence-electron chi connectivity index (χ3n) is 3.50. The number of aryl methyl sites for hydroxylation is 1. The molecule has 0 spiro atoms. The van der Waals surface area contributed by atoms with Gasteiger partial charge in [-0.25, -0.2) is 4.98 Å². The van der Waals surface area contributed by atoms with E-state index in [2.05, 4.69) is 4.98 Å². The summed E-state index contributed by atoms with van der Waals surface area (Å²) in [5.41, 5.74) is 2.08. The highest BCUT2D eigenvalue weighted by Crippen LogP contribution is 2.16. The zero-order chi connectivity index (χ0) is 16.1. The lowest BCUT2D eigenvalue weighted by Crippen LogP contribution is -2.34. The van der Waals surface area contributed by atoms with Gasteiger partial charge >= 0.3 is 0 Å². The van der Waals surface area contributed by atoms with Crippen LogP contribution in [0.2, 0.25) is 0 Å². The van der Waals surface area contributed by atoms with E-state index in [1.807, 2.05) is 38.1 Å². The summed E-state index contributed by atoms with van der Waals surface area (Å²) < 4.78 is 13.1. The fourth-order valence-corrected chi connectivity index (χ4v) is 2.18. The number of aliphatic hydroxyl groups excluding tert-OH is 1. The van der Waals surface area contributed by atoms with Crippen LogP contribution in [0, 0.1) is 12.9 Å². The van der Waals surface area contributed by atoms with Crippen LogP contribution < -0.4 is 0 Å². The van der Waals surface area contributed by atoms with E-state index in [0.29, 0.717) is 6.54 Å². The van der Waals surface area contributed by atoms with Crippen LogP contribution in [0.1, 0.15) is 34.5 Å². The number of aliphatic hydroxyl groups is 1. The number of aromatic nitrogens is 1. The number of halogens is 1. The summed E-state index contributed by atoms with van der Waals surface area (Å²) in [5.74, 6) is -1.02. The SMILES string of the molecule is CCN(CC(O)c1ccc(C)cc1)C(=O)c1ccnc(F)c1. The standard InChI is InChI=1S/C17H19FN2O2/c1-3-20(17(22)14-8-9-19-16(18)10-14)11-15(21)13-6-4-12(2)5-7-13/h4-10,15,21H,3,11H2,1-2H3. The van der Waals surface area contributed by atoms with E-state index in [1.165, 1.54) is 17.2 Å². The smallest absolute Gasteiger partial charge is 0.254 e. The molecule has 1 unspecified atom stereocenters. The van der Waals surface area contributed by atoms with Gasteiger partial charge in [-0.15, -0.1) is 0 Å². The molecule has 0 aliphatic carbocycles. The fraction of sp³-hybridized carbons (Fsp3) is 0.294. The van der Waals surface area contributed by atoms with Crippen LogP contribution >= 0.6 is 0 Å². The van der Waals surface area contributed by atoms with Crippen molar-refractivity contribution < 1.29 is 14.3 Å². The number of carbonyl (C=O) groups is 1. The van der Waals surface area contributed by atoms with E-state index in [1.54, 1.807) is 0 Å². The van der Waals surface area contributed by atoms with E-state index in [0.717, 1.165) is 17.2 Å². The van der Waals surface area contributed by atoms with Gasteiger partial charge in [0.1, 0.15) is 0 Å². The molecule has 2 rings (SSSR count). The number of amides is 1. The van der Waals surface area contributed by atoms with E-state index < -0.39 is 12.1 Å². The Morgan fingerprint density at radius 1 is 1.32 bits per heavy atom. The Labute approximate surface area is 129 Å². The number of pyridine rings is 1. The van der Waals surface area contributed by atoms with Crippen LogP contribution in [0.5, 0.6) is 0 Å². The molecular weight excluding hydrogens is 283 g/mol. The van der Waals surface area contributed by atoms with Crippen molar-refractivity contribution >= 4 is 5.91 Å².